The zero-order valence-corrected chi connectivity index (χ0v) is 9.61. The normalized spacial score (nSPS) is 10.5. The maximum atomic E-state index is 11.6. The van der Waals surface area contributed by atoms with Gasteiger partial charge in [-0.15, -0.1) is 0 Å². The van der Waals surface area contributed by atoms with E-state index in [2.05, 4.69) is 5.10 Å². The average molecular weight is 249 g/mol. The highest BCUT2D eigenvalue weighted by Crippen LogP contribution is 2.22. The molecule has 18 heavy (non-hydrogen) atoms. The second-order valence-corrected chi connectivity index (χ2v) is 3.83. The molecule has 0 spiro atoms. The second kappa shape index (κ2) is 4.32. The zero-order chi connectivity index (χ0) is 13.3. The molecule has 0 atom stereocenters. The molecule has 0 unspecified atom stereocenters. The van der Waals surface area contributed by atoms with Crippen LogP contribution in [0.2, 0.25) is 0 Å². The van der Waals surface area contributed by atoms with Crippen LogP contribution in [-0.2, 0) is 13.6 Å². The van der Waals surface area contributed by atoms with Gasteiger partial charge >= 0.3 is 5.69 Å². The van der Waals surface area contributed by atoms with E-state index in [-0.39, 0.29) is 23.6 Å². The lowest BCUT2D eigenvalue weighted by molar-refractivity contribution is -0.383. The van der Waals surface area contributed by atoms with Crippen LogP contribution in [0, 0.1) is 10.1 Å². The number of anilines is 1. The fourth-order valence-corrected chi connectivity index (χ4v) is 1.57. The molecule has 1 aromatic heterocycles. The molecule has 0 bridgehead atoms. The van der Waals surface area contributed by atoms with E-state index in [1.807, 2.05) is 0 Å². The number of hydrogen-bond acceptors (Lipinski definition) is 5. The standard InChI is InChI=1S/C10H11N5O3/c1-13-6-12-14(10(13)16)5-7-2-3-9(15(17)18)8(11)4-7/h2-4,6H,5,11H2,1H3. The van der Waals surface area contributed by atoms with Gasteiger partial charge in [-0.25, -0.2) is 9.48 Å². The molecule has 0 aliphatic carbocycles. The highest BCUT2D eigenvalue weighted by atomic mass is 16.6. The molecule has 8 nitrogen and oxygen atoms in total. The minimum atomic E-state index is -0.550. The van der Waals surface area contributed by atoms with Crippen LogP contribution < -0.4 is 11.4 Å². The second-order valence-electron chi connectivity index (χ2n) is 3.83. The molecule has 0 radical (unpaired) electrons. The van der Waals surface area contributed by atoms with Crippen molar-refractivity contribution >= 4 is 11.4 Å². The summed E-state index contributed by atoms with van der Waals surface area (Å²) in [5, 5.41) is 14.5. The van der Waals surface area contributed by atoms with Crippen LogP contribution >= 0.6 is 0 Å². The average Bonchev–Trinajstić information content (AvgIpc) is 2.61. The Bertz CT molecular complexity index is 658. The van der Waals surface area contributed by atoms with E-state index in [1.165, 1.54) is 27.7 Å². The summed E-state index contributed by atoms with van der Waals surface area (Å²) in [7, 11) is 1.59. The lowest BCUT2D eigenvalue weighted by atomic mass is 10.2. The van der Waals surface area contributed by atoms with Crippen molar-refractivity contribution in [1.82, 2.24) is 14.3 Å². The summed E-state index contributed by atoms with van der Waals surface area (Å²) in [6.07, 6.45) is 1.40. The quantitative estimate of drug-likeness (QED) is 0.472. The van der Waals surface area contributed by atoms with E-state index in [4.69, 9.17) is 5.73 Å². The lowest BCUT2D eigenvalue weighted by Crippen LogP contribution is -2.23. The molecule has 2 rings (SSSR count). The van der Waals surface area contributed by atoms with Crippen molar-refractivity contribution in [2.24, 2.45) is 7.05 Å². The molecule has 94 valence electrons. The molecule has 0 saturated heterocycles. The topological polar surface area (TPSA) is 109 Å². The van der Waals surface area contributed by atoms with Gasteiger partial charge in [-0.05, 0) is 11.6 Å². The first kappa shape index (κ1) is 11.8. The van der Waals surface area contributed by atoms with Gasteiger partial charge in [-0.2, -0.15) is 5.10 Å². The number of aromatic nitrogens is 3. The Labute approximate surface area is 101 Å². The van der Waals surface area contributed by atoms with E-state index in [1.54, 1.807) is 13.1 Å². The van der Waals surface area contributed by atoms with Crippen LogP contribution in [0.25, 0.3) is 0 Å². The first-order chi connectivity index (χ1) is 8.49. The summed E-state index contributed by atoms with van der Waals surface area (Å²) >= 11 is 0. The van der Waals surface area contributed by atoms with Crippen LogP contribution in [0.4, 0.5) is 11.4 Å². The summed E-state index contributed by atoms with van der Waals surface area (Å²) in [6.45, 7) is 0.224. The first-order valence-electron chi connectivity index (χ1n) is 5.10. The Morgan fingerprint density at radius 2 is 2.22 bits per heavy atom. The van der Waals surface area contributed by atoms with Crippen LogP contribution in [0.1, 0.15) is 5.56 Å². The number of nitrogens with two attached hydrogens (primary N) is 1. The highest BCUT2D eigenvalue weighted by Gasteiger charge is 2.12. The third-order valence-electron chi connectivity index (χ3n) is 2.51. The van der Waals surface area contributed by atoms with E-state index in [0.29, 0.717) is 5.56 Å². The summed E-state index contributed by atoms with van der Waals surface area (Å²) in [5.74, 6) is 0. The Kier molecular flexibility index (Phi) is 2.84. The minimum absolute atomic E-state index is 0.0708. The molecule has 2 N–H and O–H groups in total. The third-order valence-corrected chi connectivity index (χ3v) is 2.51. The van der Waals surface area contributed by atoms with Gasteiger partial charge in [0.25, 0.3) is 5.69 Å². The van der Waals surface area contributed by atoms with Crippen LogP contribution in [0.15, 0.2) is 29.3 Å². The molecule has 0 fully saturated rings. The van der Waals surface area contributed by atoms with Crippen LogP contribution in [0.3, 0.4) is 0 Å². The van der Waals surface area contributed by atoms with Gasteiger partial charge in [-0.1, -0.05) is 6.07 Å². The summed E-state index contributed by atoms with van der Waals surface area (Å²) in [6, 6.07) is 4.34. The van der Waals surface area contributed by atoms with Gasteiger partial charge in [0.15, 0.2) is 0 Å². The molecular weight excluding hydrogens is 238 g/mol. The van der Waals surface area contributed by atoms with Crippen LogP contribution in [-0.4, -0.2) is 19.3 Å². The van der Waals surface area contributed by atoms with Gasteiger partial charge in [0, 0.05) is 13.1 Å². The number of nitrogen functional groups attached to an aromatic ring is 1. The molecule has 2 aromatic rings. The Morgan fingerprint density at radius 1 is 1.50 bits per heavy atom. The molecule has 8 heteroatoms. The molecule has 0 aliphatic rings. The number of aryl methyl sites for hydroxylation is 1. The van der Waals surface area contributed by atoms with Gasteiger partial charge < -0.3 is 5.73 Å². The summed E-state index contributed by atoms with van der Waals surface area (Å²) < 4.78 is 2.59. The molecule has 0 amide bonds. The van der Waals surface area contributed by atoms with Gasteiger partial charge in [-0.3, -0.25) is 14.7 Å². The molecule has 1 aromatic carbocycles. The van der Waals surface area contributed by atoms with E-state index in [9.17, 15) is 14.9 Å². The number of nitro groups is 1. The SMILES string of the molecule is Cn1cnn(Cc2ccc([N+](=O)[O-])c(N)c2)c1=O. The number of nitro benzene ring substituents is 1. The predicted molar refractivity (Wildman–Crippen MR) is 64.1 cm³/mol. The third kappa shape index (κ3) is 2.08. The smallest absolute Gasteiger partial charge is 0.345 e. The number of benzene rings is 1. The fraction of sp³-hybridized carbons (Fsp3) is 0.200. The molecule has 1 heterocycles. The fourth-order valence-electron chi connectivity index (χ4n) is 1.57. The van der Waals surface area contributed by atoms with Crippen molar-refractivity contribution < 1.29 is 4.92 Å². The Hall–Kier alpha value is -2.64. The van der Waals surface area contributed by atoms with Crippen molar-refractivity contribution in [2.45, 2.75) is 6.54 Å². The largest absolute Gasteiger partial charge is 0.393 e. The predicted octanol–water partition coefficient (Wildman–Crippen LogP) is 0.120. The summed E-state index contributed by atoms with van der Waals surface area (Å²) in [5.41, 5.74) is 5.91. The maximum absolute atomic E-state index is 11.6. The van der Waals surface area contributed by atoms with Crippen molar-refractivity contribution in [3.05, 3.63) is 50.7 Å². The van der Waals surface area contributed by atoms with Gasteiger partial charge in [0.2, 0.25) is 0 Å². The molecule has 0 aliphatic heterocycles. The van der Waals surface area contributed by atoms with E-state index >= 15 is 0 Å². The van der Waals surface area contributed by atoms with Crippen molar-refractivity contribution in [3.8, 4) is 0 Å². The zero-order valence-electron chi connectivity index (χ0n) is 9.61. The first-order valence-corrected chi connectivity index (χ1v) is 5.10. The van der Waals surface area contributed by atoms with E-state index in [0.717, 1.165) is 0 Å². The number of hydrogen-bond donors (Lipinski definition) is 1. The Balaban J connectivity index is 2.31. The minimum Gasteiger partial charge on any atom is -0.393 e. The molecular formula is C10H11N5O3. The summed E-state index contributed by atoms with van der Waals surface area (Å²) in [4.78, 5) is 21.6. The van der Waals surface area contributed by atoms with Gasteiger partial charge in [0.05, 0.1) is 11.5 Å². The monoisotopic (exact) mass is 249 g/mol. The van der Waals surface area contributed by atoms with E-state index < -0.39 is 4.92 Å². The molecule has 0 saturated carbocycles. The van der Waals surface area contributed by atoms with Crippen molar-refractivity contribution in [3.63, 3.8) is 0 Å². The highest BCUT2D eigenvalue weighted by molar-refractivity contribution is 5.59. The van der Waals surface area contributed by atoms with Crippen molar-refractivity contribution in [2.75, 3.05) is 5.73 Å². The van der Waals surface area contributed by atoms with Gasteiger partial charge in [0.1, 0.15) is 12.0 Å². The van der Waals surface area contributed by atoms with Crippen LogP contribution in [0.5, 0.6) is 0 Å². The number of nitrogens with zero attached hydrogens (tertiary/aromatic N) is 4. The number of rotatable bonds is 3. The maximum Gasteiger partial charge on any atom is 0.345 e. The van der Waals surface area contributed by atoms with Crippen molar-refractivity contribution in [1.29, 1.82) is 0 Å². The Morgan fingerprint density at radius 3 is 2.72 bits per heavy atom. The lowest BCUT2D eigenvalue weighted by Gasteiger charge is -2.02.